The monoisotopic (exact) mass is 119 g/mol. The van der Waals surface area contributed by atoms with Gasteiger partial charge in [0.1, 0.15) is 0 Å². The zero-order valence-electron chi connectivity index (χ0n) is 3.51. The van der Waals surface area contributed by atoms with E-state index in [0.29, 0.717) is 0 Å². The first-order valence-electron chi connectivity index (χ1n) is 1.35. The zero-order chi connectivity index (χ0) is 3.58. The summed E-state index contributed by atoms with van der Waals surface area (Å²) in [6.07, 6.45) is 0. The van der Waals surface area contributed by atoms with Crippen LogP contribution in [0.2, 0.25) is 0 Å². The first kappa shape index (κ1) is 8.98. The van der Waals surface area contributed by atoms with Crippen LogP contribution < -0.4 is 0 Å². The van der Waals surface area contributed by atoms with Crippen molar-refractivity contribution in [3.05, 3.63) is 12.2 Å². The standard InChI is InChI=1S/C4H8.Cu/c1-4(2)3;/h1H2,2-3H3;. The molecule has 0 aliphatic carbocycles. The third kappa shape index (κ3) is 323. The molecule has 0 amide bonds. The third-order valence-electron chi connectivity index (χ3n) is 0. The molecule has 0 heterocycles. The number of hydrogen-bond donors (Lipinski definition) is 0. The van der Waals surface area contributed by atoms with Gasteiger partial charge in [-0.3, -0.25) is 0 Å². The summed E-state index contributed by atoms with van der Waals surface area (Å²) in [5, 5.41) is 0. The summed E-state index contributed by atoms with van der Waals surface area (Å²) < 4.78 is 0. The van der Waals surface area contributed by atoms with Crippen molar-refractivity contribution in [2.45, 2.75) is 13.8 Å². The Bertz CT molecular complexity index is 26.6. The minimum absolute atomic E-state index is 0. The fourth-order valence-electron chi connectivity index (χ4n) is 0. The van der Waals surface area contributed by atoms with Crippen LogP contribution in [0.3, 0.4) is 0 Å². The summed E-state index contributed by atoms with van der Waals surface area (Å²) in [5.74, 6) is 0. The molecule has 5 heavy (non-hydrogen) atoms. The second-order valence-electron chi connectivity index (χ2n) is 1.21. The predicted molar refractivity (Wildman–Crippen MR) is 20.5 cm³/mol. The van der Waals surface area contributed by atoms with Crippen LogP contribution in [0.1, 0.15) is 13.8 Å². The van der Waals surface area contributed by atoms with E-state index in [1.54, 1.807) is 0 Å². The van der Waals surface area contributed by atoms with Crippen molar-refractivity contribution in [3.8, 4) is 0 Å². The van der Waals surface area contributed by atoms with E-state index in [-0.39, 0.29) is 17.1 Å². The van der Waals surface area contributed by atoms with Crippen LogP contribution in [0.15, 0.2) is 12.2 Å². The summed E-state index contributed by atoms with van der Waals surface area (Å²) in [4.78, 5) is 0. The predicted octanol–water partition coefficient (Wildman–Crippen LogP) is 1.58. The Kier molecular flexibility index (Phi) is 7.65. The average Bonchev–Trinajstić information content (AvgIpc) is 0.811. The average molecular weight is 120 g/mol. The molecule has 0 nitrogen and oxygen atoms in total. The maximum absolute atomic E-state index is 3.56. The Morgan fingerprint density at radius 1 is 1.40 bits per heavy atom. The van der Waals surface area contributed by atoms with Crippen LogP contribution in [-0.4, -0.2) is 0 Å². The van der Waals surface area contributed by atoms with Crippen LogP contribution >= 0.6 is 0 Å². The van der Waals surface area contributed by atoms with Gasteiger partial charge < -0.3 is 0 Å². The largest absolute Gasteiger partial charge is 0.100 e. The molecule has 0 rings (SSSR count). The number of hydrogen-bond acceptors (Lipinski definition) is 0. The molecule has 1 radical (unpaired) electrons. The van der Waals surface area contributed by atoms with Gasteiger partial charge in [-0.2, -0.15) is 0 Å². The maximum atomic E-state index is 3.56. The van der Waals surface area contributed by atoms with Crippen LogP contribution in [0.4, 0.5) is 0 Å². The molecule has 0 N–H and O–H groups in total. The van der Waals surface area contributed by atoms with E-state index < -0.39 is 0 Å². The minimum atomic E-state index is 0. The quantitative estimate of drug-likeness (QED) is 0.336. The van der Waals surface area contributed by atoms with Crippen LogP contribution in [-0.2, 0) is 17.1 Å². The molecular formula is C4H8Cu. The minimum Gasteiger partial charge on any atom is -0.100 e. The molecule has 0 bridgehead atoms. The van der Waals surface area contributed by atoms with E-state index in [9.17, 15) is 0 Å². The molecular weight excluding hydrogens is 112 g/mol. The van der Waals surface area contributed by atoms with Gasteiger partial charge in [0.15, 0.2) is 0 Å². The third-order valence-corrected chi connectivity index (χ3v) is 0. The molecule has 1 heteroatoms. The topological polar surface area (TPSA) is 0 Å². The van der Waals surface area contributed by atoms with Crippen LogP contribution in [0.5, 0.6) is 0 Å². The van der Waals surface area contributed by atoms with Crippen molar-refractivity contribution >= 4 is 0 Å². The summed E-state index contributed by atoms with van der Waals surface area (Å²) in [7, 11) is 0. The van der Waals surface area contributed by atoms with Gasteiger partial charge in [0.05, 0.1) is 0 Å². The summed E-state index contributed by atoms with van der Waals surface area (Å²) in [6.45, 7) is 7.50. The second-order valence-corrected chi connectivity index (χ2v) is 1.21. The molecule has 0 aliphatic rings. The second kappa shape index (κ2) is 4.26. The molecule has 35 valence electrons. The van der Waals surface area contributed by atoms with Gasteiger partial charge in [-0.25, -0.2) is 0 Å². The van der Waals surface area contributed by atoms with Gasteiger partial charge in [-0.05, 0) is 13.8 Å². The normalized spacial score (nSPS) is 5.20. The van der Waals surface area contributed by atoms with Crippen molar-refractivity contribution in [1.29, 1.82) is 0 Å². The SMILES string of the molecule is C=C(C)C.[Cu]. The van der Waals surface area contributed by atoms with Crippen LogP contribution in [0.25, 0.3) is 0 Å². The van der Waals surface area contributed by atoms with Crippen LogP contribution in [0, 0.1) is 0 Å². The van der Waals surface area contributed by atoms with Gasteiger partial charge in [-0.15, -0.1) is 6.58 Å². The fraction of sp³-hybridized carbons (Fsp3) is 0.500. The van der Waals surface area contributed by atoms with Crippen molar-refractivity contribution in [2.24, 2.45) is 0 Å². The van der Waals surface area contributed by atoms with Gasteiger partial charge in [0.2, 0.25) is 0 Å². The molecule has 0 unspecified atom stereocenters. The maximum Gasteiger partial charge on any atom is 0 e. The van der Waals surface area contributed by atoms with Crippen molar-refractivity contribution in [3.63, 3.8) is 0 Å². The first-order chi connectivity index (χ1) is 1.73. The zero-order valence-corrected chi connectivity index (χ0v) is 4.45. The molecule has 0 aromatic rings. The van der Waals surface area contributed by atoms with Gasteiger partial charge in [-0.1, -0.05) is 5.57 Å². The molecule has 0 fully saturated rings. The molecule has 0 aromatic carbocycles. The molecule has 0 atom stereocenters. The van der Waals surface area contributed by atoms with Gasteiger partial charge in [0, 0.05) is 17.1 Å². The Labute approximate surface area is 43.7 Å². The summed E-state index contributed by atoms with van der Waals surface area (Å²) >= 11 is 0. The fourth-order valence-corrected chi connectivity index (χ4v) is 0. The van der Waals surface area contributed by atoms with Crippen molar-refractivity contribution in [2.75, 3.05) is 0 Å². The Balaban J connectivity index is 0. The van der Waals surface area contributed by atoms with E-state index >= 15 is 0 Å². The van der Waals surface area contributed by atoms with E-state index in [0.717, 1.165) is 0 Å². The van der Waals surface area contributed by atoms with Gasteiger partial charge >= 0.3 is 0 Å². The number of rotatable bonds is 0. The Morgan fingerprint density at radius 2 is 1.40 bits per heavy atom. The first-order valence-corrected chi connectivity index (χ1v) is 1.35. The van der Waals surface area contributed by atoms with Crippen molar-refractivity contribution in [1.82, 2.24) is 0 Å². The summed E-state index contributed by atoms with van der Waals surface area (Å²) in [6, 6.07) is 0. The molecule has 0 aromatic heterocycles. The smallest absolute Gasteiger partial charge is 0 e. The van der Waals surface area contributed by atoms with Gasteiger partial charge in [0.25, 0.3) is 0 Å². The molecule has 0 aliphatic heterocycles. The summed E-state index contributed by atoms with van der Waals surface area (Å²) in [5.41, 5.74) is 1.17. The number of allylic oxidation sites excluding steroid dienone is 1. The van der Waals surface area contributed by atoms with E-state index in [4.69, 9.17) is 0 Å². The van der Waals surface area contributed by atoms with E-state index in [2.05, 4.69) is 6.58 Å². The van der Waals surface area contributed by atoms with E-state index in [1.807, 2.05) is 13.8 Å². The Hall–Kier alpha value is 0.259. The Morgan fingerprint density at radius 3 is 1.40 bits per heavy atom. The molecule has 0 saturated carbocycles. The van der Waals surface area contributed by atoms with Crippen molar-refractivity contribution < 1.29 is 17.1 Å². The van der Waals surface area contributed by atoms with E-state index in [1.165, 1.54) is 5.57 Å². The molecule has 0 spiro atoms. The molecule has 0 saturated heterocycles.